The van der Waals surface area contributed by atoms with Crippen molar-refractivity contribution in [3.63, 3.8) is 0 Å². The smallest absolute Gasteiger partial charge is 0.331 e. The summed E-state index contributed by atoms with van der Waals surface area (Å²) < 4.78 is 4.63. The molecule has 0 unspecified atom stereocenters. The summed E-state index contributed by atoms with van der Waals surface area (Å²) in [6.07, 6.45) is 6.47. The molecule has 1 atom stereocenters. The number of carbonyl (C=O) groups is 2. The zero-order valence-electron chi connectivity index (χ0n) is 14.7. The molecule has 1 aromatic carbocycles. The van der Waals surface area contributed by atoms with Gasteiger partial charge in [-0.15, -0.1) is 0 Å². The van der Waals surface area contributed by atoms with Crippen LogP contribution in [0.4, 0.5) is 0 Å². The van der Waals surface area contributed by atoms with Crippen molar-refractivity contribution in [2.45, 2.75) is 38.3 Å². The molecule has 1 fully saturated rings. The van der Waals surface area contributed by atoms with E-state index in [1.165, 1.54) is 33.8 Å². The monoisotopic (exact) mass is 341 g/mol. The van der Waals surface area contributed by atoms with Gasteiger partial charge in [0.05, 0.1) is 12.7 Å². The van der Waals surface area contributed by atoms with E-state index >= 15 is 0 Å². The summed E-state index contributed by atoms with van der Waals surface area (Å²) in [4.78, 5) is 24.1. The van der Waals surface area contributed by atoms with Crippen molar-refractivity contribution in [2.24, 2.45) is 5.92 Å². The quantitative estimate of drug-likeness (QED) is 0.635. The number of nitrogens with one attached hydrogen (secondary N) is 1. The number of benzene rings is 1. The molecule has 2 rings (SSSR count). The van der Waals surface area contributed by atoms with E-state index in [4.69, 9.17) is 0 Å². The van der Waals surface area contributed by atoms with Crippen molar-refractivity contribution in [1.82, 2.24) is 5.32 Å². The Hall–Kier alpha value is -2.58. The molecule has 0 heterocycles. The van der Waals surface area contributed by atoms with Crippen LogP contribution in [-0.2, 0) is 9.53 Å². The SMILES string of the molecule is COC(=O)[C@@H](NC(=O)c1ccc(C#C/C=C/C2CC2)cc1)C(C)(C)O. The predicted octanol–water partition coefficient (Wildman–Crippen LogP) is 2.05. The lowest BCUT2D eigenvalue weighted by atomic mass is 9.98. The van der Waals surface area contributed by atoms with Crippen molar-refractivity contribution in [1.29, 1.82) is 0 Å². The molecule has 1 aliphatic carbocycles. The zero-order chi connectivity index (χ0) is 18.4. The number of ether oxygens (including phenoxy) is 1. The van der Waals surface area contributed by atoms with Gasteiger partial charge in [0, 0.05) is 11.1 Å². The molecule has 0 aromatic heterocycles. The Morgan fingerprint density at radius 2 is 1.96 bits per heavy atom. The largest absolute Gasteiger partial charge is 0.467 e. The molecule has 5 nitrogen and oxygen atoms in total. The Labute approximate surface area is 148 Å². The Morgan fingerprint density at radius 3 is 2.48 bits per heavy atom. The zero-order valence-corrected chi connectivity index (χ0v) is 14.7. The number of hydrogen-bond acceptors (Lipinski definition) is 4. The van der Waals surface area contributed by atoms with E-state index in [2.05, 4.69) is 28.0 Å². The minimum absolute atomic E-state index is 0.372. The molecule has 132 valence electrons. The highest BCUT2D eigenvalue weighted by atomic mass is 16.5. The first-order valence-corrected chi connectivity index (χ1v) is 8.20. The van der Waals surface area contributed by atoms with Crippen LogP contribution in [0, 0.1) is 17.8 Å². The van der Waals surface area contributed by atoms with E-state index in [1.54, 1.807) is 24.3 Å². The maximum absolute atomic E-state index is 12.3. The van der Waals surface area contributed by atoms with Crippen LogP contribution < -0.4 is 5.32 Å². The molecule has 1 saturated carbocycles. The molecule has 0 spiro atoms. The highest BCUT2D eigenvalue weighted by molar-refractivity contribution is 5.97. The molecular weight excluding hydrogens is 318 g/mol. The van der Waals surface area contributed by atoms with Gasteiger partial charge in [-0.25, -0.2) is 4.79 Å². The standard InChI is InChI=1S/C20H23NO4/c1-20(2,24)17(19(23)25-3)21-18(22)16-12-10-15(11-13-16)7-5-4-6-14-8-9-14/h4,6,10-14,17,24H,8-9H2,1-3H3,(H,21,22)/b6-4+/t17-/m1/s1. The van der Waals surface area contributed by atoms with E-state index in [9.17, 15) is 14.7 Å². The Bertz CT molecular complexity index is 713. The van der Waals surface area contributed by atoms with Crippen LogP contribution in [-0.4, -0.2) is 35.7 Å². The number of aliphatic hydroxyl groups is 1. The molecule has 5 heteroatoms. The molecule has 25 heavy (non-hydrogen) atoms. The van der Waals surface area contributed by atoms with Crippen LogP contribution in [0.3, 0.4) is 0 Å². The topological polar surface area (TPSA) is 75.6 Å². The maximum atomic E-state index is 12.3. The van der Waals surface area contributed by atoms with Crippen molar-refractivity contribution >= 4 is 11.9 Å². The maximum Gasteiger partial charge on any atom is 0.331 e. The summed E-state index contributed by atoms with van der Waals surface area (Å²) in [5.41, 5.74) is -0.275. The molecule has 1 aromatic rings. The molecule has 2 N–H and O–H groups in total. The lowest BCUT2D eigenvalue weighted by Gasteiger charge is -2.27. The third-order valence-electron chi connectivity index (χ3n) is 3.86. The van der Waals surface area contributed by atoms with Crippen LogP contribution in [0.2, 0.25) is 0 Å². The average molecular weight is 341 g/mol. The number of allylic oxidation sites excluding steroid dienone is 2. The van der Waals surface area contributed by atoms with Crippen LogP contribution in [0.15, 0.2) is 36.4 Å². The van der Waals surface area contributed by atoms with Gasteiger partial charge in [0.1, 0.15) is 0 Å². The number of hydrogen-bond donors (Lipinski definition) is 2. The van der Waals surface area contributed by atoms with Crippen LogP contribution in [0.1, 0.15) is 42.6 Å². The lowest BCUT2D eigenvalue weighted by Crippen LogP contribution is -2.54. The van der Waals surface area contributed by atoms with E-state index in [-0.39, 0.29) is 0 Å². The van der Waals surface area contributed by atoms with Crippen LogP contribution in [0.5, 0.6) is 0 Å². The summed E-state index contributed by atoms with van der Waals surface area (Å²) in [6, 6.07) is 5.58. The number of amides is 1. The van der Waals surface area contributed by atoms with E-state index in [1.807, 2.05) is 6.08 Å². The van der Waals surface area contributed by atoms with Gasteiger partial charge >= 0.3 is 5.97 Å². The van der Waals surface area contributed by atoms with Gasteiger partial charge in [0.15, 0.2) is 6.04 Å². The Balaban J connectivity index is 2.02. The summed E-state index contributed by atoms with van der Waals surface area (Å²) in [5.74, 6) is 5.50. The third kappa shape index (κ3) is 5.77. The van der Waals surface area contributed by atoms with E-state index in [0.29, 0.717) is 11.5 Å². The fraction of sp³-hybridized carbons (Fsp3) is 0.400. The van der Waals surface area contributed by atoms with Crippen molar-refractivity contribution in [3.05, 3.63) is 47.5 Å². The first-order chi connectivity index (χ1) is 11.8. The second-order valence-electron chi connectivity index (χ2n) is 6.63. The highest BCUT2D eigenvalue weighted by Crippen LogP contribution is 2.29. The first-order valence-electron chi connectivity index (χ1n) is 8.20. The third-order valence-corrected chi connectivity index (χ3v) is 3.86. The number of carbonyl (C=O) groups excluding carboxylic acids is 2. The van der Waals surface area contributed by atoms with Gasteiger partial charge in [-0.3, -0.25) is 4.79 Å². The molecular formula is C20H23NO4. The van der Waals surface area contributed by atoms with E-state index in [0.717, 1.165) is 5.56 Å². The van der Waals surface area contributed by atoms with Crippen molar-refractivity contribution in [2.75, 3.05) is 7.11 Å². The average Bonchev–Trinajstić information content (AvgIpc) is 3.39. The van der Waals surface area contributed by atoms with Gasteiger partial charge in [-0.05, 0) is 62.9 Å². The number of rotatable bonds is 5. The fourth-order valence-electron chi connectivity index (χ4n) is 2.16. The first kappa shape index (κ1) is 18.8. The minimum Gasteiger partial charge on any atom is -0.467 e. The Morgan fingerprint density at radius 1 is 1.32 bits per heavy atom. The van der Waals surface area contributed by atoms with Crippen molar-refractivity contribution < 1.29 is 19.4 Å². The van der Waals surface area contributed by atoms with E-state index < -0.39 is 23.5 Å². The molecule has 0 bridgehead atoms. The van der Waals surface area contributed by atoms with Gasteiger partial charge in [-0.2, -0.15) is 0 Å². The second kappa shape index (κ2) is 8.00. The van der Waals surface area contributed by atoms with Gasteiger partial charge < -0.3 is 15.2 Å². The summed E-state index contributed by atoms with van der Waals surface area (Å²) in [5, 5.41) is 12.5. The molecule has 0 saturated heterocycles. The summed E-state index contributed by atoms with van der Waals surface area (Å²) in [6.45, 7) is 2.87. The Kier molecular flexibility index (Phi) is 6.00. The van der Waals surface area contributed by atoms with Gasteiger partial charge in [-0.1, -0.05) is 17.9 Å². The predicted molar refractivity (Wildman–Crippen MR) is 94.8 cm³/mol. The van der Waals surface area contributed by atoms with Crippen LogP contribution >= 0.6 is 0 Å². The molecule has 1 aliphatic rings. The summed E-state index contributed by atoms with van der Waals surface area (Å²) in [7, 11) is 1.21. The lowest BCUT2D eigenvalue weighted by molar-refractivity contribution is -0.148. The van der Waals surface area contributed by atoms with Gasteiger partial charge in [0.25, 0.3) is 5.91 Å². The fourth-order valence-corrected chi connectivity index (χ4v) is 2.16. The van der Waals surface area contributed by atoms with Crippen molar-refractivity contribution in [3.8, 4) is 11.8 Å². The summed E-state index contributed by atoms with van der Waals surface area (Å²) >= 11 is 0. The molecule has 0 aliphatic heterocycles. The van der Waals surface area contributed by atoms with Gasteiger partial charge in [0.2, 0.25) is 0 Å². The normalized spacial score (nSPS) is 15.2. The second-order valence-corrected chi connectivity index (χ2v) is 6.63. The highest BCUT2D eigenvalue weighted by Gasteiger charge is 2.35. The molecule has 1 amide bonds. The number of esters is 1. The van der Waals surface area contributed by atoms with Crippen LogP contribution in [0.25, 0.3) is 0 Å². The minimum atomic E-state index is -1.44. The molecule has 0 radical (unpaired) electrons. The number of methoxy groups -OCH3 is 1.